The van der Waals surface area contributed by atoms with Crippen LogP contribution in [0.1, 0.15) is 47.5 Å². The molecule has 0 aliphatic heterocycles. The number of aryl methyl sites for hydroxylation is 1. The molecule has 1 aromatic carbocycles. The first-order valence-corrected chi connectivity index (χ1v) is 13.7. The summed E-state index contributed by atoms with van der Waals surface area (Å²) in [5, 5.41) is 12.8. The molecule has 2 aromatic heterocycles. The Bertz CT molecular complexity index is 1230. The number of amides is 1. The molecule has 4 rings (SSSR count). The maximum Gasteiger partial charge on any atom is 0.341 e. The molecule has 0 radical (unpaired) electrons. The van der Waals surface area contributed by atoms with E-state index in [1.165, 1.54) is 23.1 Å². The van der Waals surface area contributed by atoms with Crippen LogP contribution in [0.5, 0.6) is 11.5 Å². The van der Waals surface area contributed by atoms with Gasteiger partial charge in [-0.3, -0.25) is 4.79 Å². The van der Waals surface area contributed by atoms with Crippen molar-refractivity contribution >= 4 is 40.0 Å². The molecule has 3 aromatic rings. The number of carbonyl (C=O) groups excluding carboxylic acids is 2. The van der Waals surface area contributed by atoms with Crippen molar-refractivity contribution in [3.63, 3.8) is 0 Å². The molecular formula is C25H30N4O5S2. The lowest BCUT2D eigenvalue weighted by molar-refractivity contribution is -0.113. The summed E-state index contributed by atoms with van der Waals surface area (Å²) in [7, 11) is 3.20. The highest BCUT2D eigenvalue weighted by atomic mass is 32.2. The molecule has 36 heavy (non-hydrogen) atoms. The van der Waals surface area contributed by atoms with E-state index in [1.807, 2.05) is 23.6 Å². The predicted molar refractivity (Wildman–Crippen MR) is 141 cm³/mol. The van der Waals surface area contributed by atoms with Crippen molar-refractivity contribution in [1.82, 2.24) is 14.8 Å². The zero-order chi connectivity index (χ0) is 25.7. The van der Waals surface area contributed by atoms with Gasteiger partial charge in [0.2, 0.25) is 5.91 Å². The Morgan fingerprint density at radius 2 is 1.81 bits per heavy atom. The van der Waals surface area contributed by atoms with Crippen LogP contribution in [0, 0.1) is 0 Å². The summed E-state index contributed by atoms with van der Waals surface area (Å²) in [6, 6.07) is 5.54. The molecule has 1 amide bonds. The summed E-state index contributed by atoms with van der Waals surface area (Å²) in [6.45, 7) is 4.69. The Hall–Kier alpha value is -3.05. The van der Waals surface area contributed by atoms with Crippen molar-refractivity contribution < 1.29 is 23.8 Å². The third kappa shape index (κ3) is 5.52. The Labute approximate surface area is 218 Å². The minimum absolute atomic E-state index is 0.129. The van der Waals surface area contributed by atoms with Gasteiger partial charge in [-0.15, -0.1) is 21.5 Å². The Balaban J connectivity index is 1.50. The number of anilines is 1. The zero-order valence-corrected chi connectivity index (χ0v) is 22.5. The molecule has 11 heteroatoms. The van der Waals surface area contributed by atoms with E-state index < -0.39 is 0 Å². The lowest BCUT2D eigenvalue weighted by Gasteiger charge is -2.12. The number of rotatable bonds is 10. The number of fused-ring (bicyclic) bond motifs is 1. The van der Waals surface area contributed by atoms with Gasteiger partial charge >= 0.3 is 5.97 Å². The highest BCUT2D eigenvalue weighted by molar-refractivity contribution is 7.99. The van der Waals surface area contributed by atoms with Crippen LogP contribution >= 0.6 is 23.1 Å². The molecule has 1 aliphatic rings. The summed E-state index contributed by atoms with van der Waals surface area (Å²) < 4.78 is 18.0. The highest BCUT2D eigenvalue weighted by Gasteiger charge is 2.27. The maximum absolute atomic E-state index is 12.9. The van der Waals surface area contributed by atoms with Crippen molar-refractivity contribution in [2.24, 2.45) is 0 Å². The summed E-state index contributed by atoms with van der Waals surface area (Å²) in [5.41, 5.74) is 2.35. The number of nitrogens with one attached hydrogen (secondary N) is 1. The number of ether oxygens (including phenoxy) is 3. The first-order chi connectivity index (χ1) is 17.5. The molecule has 0 saturated heterocycles. The molecule has 2 heterocycles. The standard InChI is InChI=1S/C25H30N4O5S2/c1-5-29-22(15-11-16(32-3)13-17(12-15)33-4)27-28-25(29)35-14-20(30)26-23-21(24(31)34-6-2)18-9-7-8-10-19(18)36-23/h11-13H,5-10,14H2,1-4H3,(H,26,30). The molecule has 9 nitrogen and oxygen atoms in total. The van der Waals surface area contributed by atoms with Gasteiger partial charge in [-0.25, -0.2) is 4.79 Å². The lowest BCUT2D eigenvalue weighted by Crippen LogP contribution is -2.17. The molecule has 192 valence electrons. The van der Waals surface area contributed by atoms with Crippen LogP contribution in [0.15, 0.2) is 23.4 Å². The van der Waals surface area contributed by atoms with Crippen LogP contribution in [-0.2, 0) is 28.9 Å². The number of hydrogen-bond acceptors (Lipinski definition) is 9. The molecule has 1 aliphatic carbocycles. The van der Waals surface area contributed by atoms with Crippen LogP contribution in [0.3, 0.4) is 0 Å². The number of nitrogens with zero attached hydrogens (tertiary/aromatic N) is 3. The average molecular weight is 531 g/mol. The summed E-state index contributed by atoms with van der Waals surface area (Å²) in [6.07, 6.45) is 3.89. The van der Waals surface area contributed by atoms with Gasteiger partial charge in [0.05, 0.1) is 32.1 Å². The maximum atomic E-state index is 12.9. The first kappa shape index (κ1) is 26.0. The second kappa shape index (κ2) is 11.8. The van der Waals surface area contributed by atoms with Gasteiger partial charge in [-0.1, -0.05) is 11.8 Å². The minimum Gasteiger partial charge on any atom is -0.497 e. The van der Waals surface area contributed by atoms with Gasteiger partial charge in [0.1, 0.15) is 16.5 Å². The van der Waals surface area contributed by atoms with Gasteiger partial charge in [0.15, 0.2) is 11.0 Å². The lowest BCUT2D eigenvalue weighted by atomic mass is 9.95. The number of methoxy groups -OCH3 is 2. The number of aromatic nitrogens is 3. The van der Waals surface area contributed by atoms with E-state index in [4.69, 9.17) is 14.2 Å². The van der Waals surface area contributed by atoms with Gasteiger partial charge in [0.25, 0.3) is 0 Å². The Morgan fingerprint density at radius 3 is 2.47 bits per heavy atom. The molecular weight excluding hydrogens is 500 g/mol. The van der Waals surface area contributed by atoms with Crippen molar-refractivity contribution in [3.8, 4) is 22.9 Å². The Kier molecular flexibility index (Phi) is 8.52. The van der Waals surface area contributed by atoms with E-state index in [1.54, 1.807) is 27.2 Å². The third-order valence-corrected chi connectivity index (χ3v) is 8.05. The SMILES string of the molecule is CCOC(=O)c1c(NC(=O)CSc2nnc(-c3cc(OC)cc(OC)c3)n2CC)sc2c1CCCC2. The van der Waals surface area contributed by atoms with E-state index in [0.29, 0.717) is 46.2 Å². The fraction of sp³-hybridized carbons (Fsp3) is 0.440. The van der Waals surface area contributed by atoms with E-state index in [0.717, 1.165) is 41.7 Å². The predicted octanol–water partition coefficient (Wildman–Crippen LogP) is 4.83. The number of thioether (sulfide) groups is 1. The van der Waals surface area contributed by atoms with Crippen LogP contribution in [-0.4, -0.2) is 53.2 Å². The number of carbonyl (C=O) groups is 2. The Morgan fingerprint density at radius 1 is 1.08 bits per heavy atom. The molecule has 0 spiro atoms. The quantitative estimate of drug-likeness (QED) is 0.294. The normalized spacial score (nSPS) is 12.7. The molecule has 0 bridgehead atoms. The number of thiophene rings is 1. The number of hydrogen-bond donors (Lipinski definition) is 1. The van der Waals surface area contributed by atoms with E-state index in [9.17, 15) is 9.59 Å². The average Bonchev–Trinajstić information content (AvgIpc) is 3.47. The van der Waals surface area contributed by atoms with E-state index in [2.05, 4.69) is 15.5 Å². The summed E-state index contributed by atoms with van der Waals surface area (Å²) >= 11 is 2.78. The van der Waals surface area contributed by atoms with Crippen LogP contribution in [0.2, 0.25) is 0 Å². The van der Waals surface area contributed by atoms with Crippen molar-refractivity contribution in [2.75, 3.05) is 31.9 Å². The number of benzene rings is 1. The molecule has 0 fully saturated rings. The van der Waals surface area contributed by atoms with Crippen LogP contribution in [0.25, 0.3) is 11.4 Å². The second-order valence-corrected chi connectivity index (χ2v) is 10.2. The van der Waals surface area contributed by atoms with Crippen LogP contribution in [0.4, 0.5) is 5.00 Å². The minimum atomic E-state index is -0.371. The van der Waals surface area contributed by atoms with Crippen molar-refractivity contribution in [2.45, 2.75) is 51.2 Å². The van der Waals surface area contributed by atoms with E-state index >= 15 is 0 Å². The van der Waals surface area contributed by atoms with Gasteiger partial charge in [-0.2, -0.15) is 0 Å². The third-order valence-electron chi connectivity index (χ3n) is 5.88. The summed E-state index contributed by atoms with van der Waals surface area (Å²) in [5.74, 6) is 1.51. The van der Waals surface area contributed by atoms with E-state index in [-0.39, 0.29) is 17.6 Å². The molecule has 1 N–H and O–H groups in total. The fourth-order valence-corrected chi connectivity index (χ4v) is 6.29. The smallest absolute Gasteiger partial charge is 0.341 e. The monoisotopic (exact) mass is 530 g/mol. The van der Waals surface area contributed by atoms with Crippen molar-refractivity contribution in [1.29, 1.82) is 0 Å². The van der Waals surface area contributed by atoms with Gasteiger partial charge in [-0.05, 0) is 57.2 Å². The molecule has 0 unspecified atom stereocenters. The molecule has 0 saturated carbocycles. The van der Waals surface area contributed by atoms with Crippen LogP contribution < -0.4 is 14.8 Å². The van der Waals surface area contributed by atoms with Gasteiger partial charge < -0.3 is 24.1 Å². The summed E-state index contributed by atoms with van der Waals surface area (Å²) in [4.78, 5) is 26.7. The topological polar surface area (TPSA) is 105 Å². The zero-order valence-electron chi connectivity index (χ0n) is 20.9. The number of esters is 1. The van der Waals surface area contributed by atoms with Gasteiger partial charge in [0, 0.05) is 23.1 Å². The first-order valence-electron chi connectivity index (χ1n) is 11.9. The molecule has 0 atom stereocenters. The largest absolute Gasteiger partial charge is 0.497 e. The van der Waals surface area contributed by atoms with Crippen molar-refractivity contribution in [3.05, 3.63) is 34.2 Å². The highest BCUT2D eigenvalue weighted by Crippen LogP contribution is 2.39. The second-order valence-electron chi connectivity index (χ2n) is 8.12. The fourth-order valence-electron chi connectivity index (χ4n) is 4.20.